The molecule has 0 atom stereocenters. The summed E-state index contributed by atoms with van der Waals surface area (Å²) in [5.41, 5.74) is 0. The minimum atomic E-state index is -0.804. The maximum Gasteiger partial charge on any atom is 0.304 e. The fourth-order valence-corrected chi connectivity index (χ4v) is 1.89. The van der Waals surface area contributed by atoms with Crippen molar-refractivity contribution in [2.45, 2.75) is 13.3 Å². The van der Waals surface area contributed by atoms with Crippen LogP contribution in [0.15, 0.2) is 0 Å². The highest BCUT2D eigenvalue weighted by Crippen LogP contribution is 2.03. The Morgan fingerprint density at radius 1 is 1.16 bits per heavy atom. The molecule has 1 rings (SSSR count). The van der Waals surface area contributed by atoms with Gasteiger partial charge >= 0.3 is 5.97 Å². The molecule has 1 aliphatic rings. The molecule has 0 radical (unpaired) electrons. The van der Waals surface area contributed by atoms with Gasteiger partial charge < -0.3 is 14.9 Å². The molecule has 7 heteroatoms. The van der Waals surface area contributed by atoms with Crippen molar-refractivity contribution < 1.29 is 19.5 Å². The SMILES string of the molecule is CC(=O)N(C)CC(=O)N1CCN(CCC(=O)O)CC1. The maximum absolute atomic E-state index is 11.9. The Bertz CT molecular complexity index is 351. The molecule has 1 fully saturated rings. The molecular formula is C12H21N3O4. The monoisotopic (exact) mass is 271 g/mol. The van der Waals surface area contributed by atoms with Crippen LogP contribution in [-0.4, -0.2) is 83.9 Å². The molecule has 0 aromatic heterocycles. The molecule has 1 heterocycles. The Labute approximate surface area is 112 Å². The third kappa shape index (κ3) is 5.25. The molecule has 1 N–H and O–H groups in total. The predicted molar refractivity (Wildman–Crippen MR) is 68.6 cm³/mol. The zero-order valence-electron chi connectivity index (χ0n) is 11.5. The number of hydrogen-bond acceptors (Lipinski definition) is 4. The minimum Gasteiger partial charge on any atom is -0.481 e. The van der Waals surface area contributed by atoms with Crippen LogP contribution in [0.1, 0.15) is 13.3 Å². The van der Waals surface area contributed by atoms with Crippen LogP contribution in [0.3, 0.4) is 0 Å². The van der Waals surface area contributed by atoms with E-state index in [-0.39, 0.29) is 24.8 Å². The van der Waals surface area contributed by atoms with E-state index >= 15 is 0 Å². The second kappa shape index (κ2) is 7.08. The molecule has 0 saturated carbocycles. The van der Waals surface area contributed by atoms with Crippen molar-refractivity contribution >= 4 is 17.8 Å². The van der Waals surface area contributed by atoms with E-state index in [1.54, 1.807) is 11.9 Å². The summed E-state index contributed by atoms with van der Waals surface area (Å²) >= 11 is 0. The molecule has 0 aromatic carbocycles. The number of carbonyl (C=O) groups is 3. The molecule has 2 amide bonds. The van der Waals surface area contributed by atoms with E-state index in [2.05, 4.69) is 0 Å². The summed E-state index contributed by atoms with van der Waals surface area (Å²) in [7, 11) is 1.60. The van der Waals surface area contributed by atoms with E-state index in [9.17, 15) is 14.4 Å². The topological polar surface area (TPSA) is 81.2 Å². The van der Waals surface area contributed by atoms with Crippen molar-refractivity contribution in [3.8, 4) is 0 Å². The van der Waals surface area contributed by atoms with Gasteiger partial charge in [0, 0.05) is 46.7 Å². The number of carboxylic acid groups (broad SMARTS) is 1. The van der Waals surface area contributed by atoms with Crippen LogP contribution in [0, 0.1) is 0 Å². The van der Waals surface area contributed by atoms with Crippen LogP contribution in [0.4, 0.5) is 0 Å². The first-order valence-electron chi connectivity index (χ1n) is 6.33. The minimum absolute atomic E-state index is 0.0596. The van der Waals surface area contributed by atoms with Crippen LogP contribution < -0.4 is 0 Å². The molecule has 19 heavy (non-hydrogen) atoms. The van der Waals surface area contributed by atoms with Gasteiger partial charge in [-0.05, 0) is 0 Å². The summed E-state index contributed by atoms with van der Waals surface area (Å²) in [5, 5.41) is 8.61. The van der Waals surface area contributed by atoms with Crippen molar-refractivity contribution in [3.63, 3.8) is 0 Å². The quantitative estimate of drug-likeness (QED) is 0.699. The zero-order chi connectivity index (χ0) is 14.4. The van der Waals surface area contributed by atoms with Gasteiger partial charge in [-0.2, -0.15) is 0 Å². The number of rotatable bonds is 5. The van der Waals surface area contributed by atoms with Gasteiger partial charge in [0.15, 0.2) is 0 Å². The number of nitrogens with zero attached hydrogens (tertiary/aromatic N) is 3. The number of likely N-dealkylation sites (N-methyl/N-ethyl adjacent to an activating group) is 1. The van der Waals surface area contributed by atoms with Crippen LogP contribution in [0.25, 0.3) is 0 Å². The van der Waals surface area contributed by atoms with Crippen molar-refractivity contribution in [2.24, 2.45) is 0 Å². The average Bonchev–Trinajstić information content (AvgIpc) is 2.36. The van der Waals surface area contributed by atoms with Crippen LogP contribution in [-0.2, 0) is 14.4 Å². The van der Waals surface area contributed by atoms with Gasteiger partial charge in [-0.15, -0.1) is 0 Å². The molecule has 1 saturated heterocycles. The lowest BCUT2D eigenvalue weighted by Crippen LogP contribution is -2.51. The average molecular weight is 271 g/mol. The number of aliphatic carboxylic acids is 1. The third-order valence-electron chi connectivity index (χ3n) is 3.28. The Morgan fingerprint density at radius 3 is 2.21 bits per heavy atom. The molecule has 0 aromatic rings. The molecule has 0 spiro atoms. The van der Waals surface area contributed by atoms with Gasteiger partial charge in [0.25, 0.3) is 0 Å². The summed E-state index contributed by atoms with van der Waals surface area (Å²) in [4.78, 5) is 38.6. The largest absolute Gasteiger partial charge is 0.481 e. The summed E-state index contributed by atoms with van der Waals surface area (Å²) < 4.78 is 0. The lowest BCUT2D eigenvalue weighted by molar-refractivity contribution is -0.140. The molecule has 0 unspecified atom stereocenters. The van der Waals surface area contributed by atoms with Gasteiger partial charge in [-0.25, -0.2) is 0 Å². The van der Waals surface area contributed by atoms with Gasteiger partial charge in [0.1, 0.15) is 0 Å². The summed E-state index contributed by atoms with van der Waals surface area (Å²) in [6, 6.07) is 0. The predicted octanol–water partition coefficient (Wildman–Crippen LogP) is -0.916. The van der Waals surface area contributed by atoms with Crippen molar-refractivity contribution in [2.75, 3.05) is 46.3 Å². The normalized spacial score (nSPS) is 16.2. The molecule has 0 bridgehead atoms. The number of hydrogen-bond donors (Lipinski definition) is 1. The van der Waals surface area contributed by atoms with Crippen molar-refractivity contribution in [3.05, 3.63) is 0 Å². The van der Waals surface area contributed by atoms with Crippen molar-refractivity contribution in [1.82, 2.24) is 14.7 Å². The Balaban J connectivity index is 2.31. The molecule has 0 aliphatic carbocycles. The van der Waals surface area contributed by atoms with Crippen molar-refractivity contribution in [1.29, 1.82) is 0 Å². The standard InChI is InChI=1S/C12H21N3O4/c1-10(16)13(2)9-11(17)15-7-5-14(6-8-15)4-3-12(18)19/h3-9H2,1-2H3,(H,18,19). The van der Waals surface area contributed by atoms with E-state index in [0.717, 1.165) is 0 Å². The summed E-state index contributed by atoms with van der Waals surface area (Å²) in [5.74, 6) is -0.995. The van der Waals surface area contributed by atoms with Gasteiger partial charge in [0.05, 0.1) is 13.0 Å². The lowest BCUT2D eigenvalue weighted by atomic mass is 10.3. The van der Waals surface area contributed by atoms with Crippen LogP contribution in [0.5, 0.6) is 0 Å². The fraction of sp³-hybridized carbons (Fsp3) is 0.750. The second-order valence-electron chi connectivity index (χ2n) is 4.74. The van der Waals surface area contributed by atoms with E-state index < -0.39 is 5.97 Å². The fourth-order valence-electron chi connectivity index (χ4n) is 1.89. The molecule has 7 nitrogen and oxygen atoms in total. The highest BCUT2D eigenvalue weighted by atomic mass is 16.4. The first-order chi connectivity index (χ1) is 8.90. The second-order valence-corrected chi connectivity index (χ2v) is 4.74. The Hall–Kier alpha value is -1.63. The number of piperazine rings is 1. The Morgan fingerprint density at radius 2 is 1.74 bits per heavy atom. The van der Waals surface area contributed by atoms with E-state index in [4.69, 9.17) is 5.11 Å². The third-order valence-corrected chi connectivity index (χ3v) is 3.28. The van der Waals surface area contributed by atoms with Gasteiger partial charge in [-0.1, -0.05) is 0 Å². The van der Waals surface area contributed by atoms with Crippen LogP contribution >= 0.6 is 0 Å². The maximum atomic E-state index is 11.9. The van der Waals surface area contributed by atoms with Gasteiger partial charge in [-0.3, -0.25) is 19.3 Å². The van der Waals surface area contributed by atoms with Gasteiger partial charge in [0.2, 0.25) is 11.8 Å². The summed E-state index contributed by atoms with van der Waals surface area (Å²) in [6.45, 7) is 4.59. The number of carbonyl (C=O) groups excluding carboxylic acids is 2. The van der Waals surface area contributed by atoms with E-state index in [0.29, 0.717) is 32.7 Å². The van der Waals surface area contributed by atoms with E-state index in [1.807, 2.05) is 4.90 Å². The Kier molecular flexibility index (Phi) is 5.75. The lowest BCUT2D eigenvalue weighted by Gasteiger charge is -2.35. The highest BCUT2D eigenvalue weighted by molar-refractivity contribution is 5.83. The summed E-state index contributed by atoms with van der Waals surface area (Å²) in [6.07, 6.45) is 0.126. The number of amides is 2. The highest BCUT2D eigenvalue weighted by Gasteiger charge is 2.22. The molecule has 1 aliphatic heterocycles. The molecule has 108 valence electrons. The smallest absolute Gasteiger partial charge is 0.304 e. The zero-order valence-corrected chi connectivity index (χ0v) is 11.5. The molecular weight excluding hydrogens is 250 g/mol. The first-order valence-corrected chi connectivity index (χ1v) is 6.33. The van der Waals surface area contributed by atoms with E-state index in [1.165, 1.54) is 11.8 Å². The first kappa shape index (κ1) is 15.4. The van der Waals surface area contributed by atoms with Crippen LogP contribution in [0.2, 0.25) is 0 Å². The number of carboxylic acids is 1.